The summed E-state index contributed by atoms with van der Waals surface area (Å²) in [5.41, 5.74) is 14.0. The summed E-state index contributed by atoms with van der Waals surface area (Å²) in [6.45, 7) is 7.05. The van der Waals surface area contributed by atoms with E-state index in [9.17, 15) is 33.6 Å². The minimum Gasteiger partial charge on any atom is -0.445 e. The topological polar surface area (TPSA) is 293 Å². The number of hydrogen-bond acceptors (Lipinski definition) is 13. The van der Waals surface area contributed by atoms with Gasteiger partial charge in [0.1, 0.15) is 36.5 Å². The summed E-state index contributed by atoms with van der Waals surface area (Å²) in [4.78, 5) is 109. The van der Waals surface area contributed by atoms with E-state index >= 15 is 0 Å². The molecule has 2 atom stereocenters. The summed E-state index contributed by atoms with van der Waals surface area (Å²) in [5.74, 6) is -1.78. The number of benzene rings is 2. The molecule has 396 valence electrons. The van der Waals surface area contributed by atoms with Gasteiger partial charge in [-0.1, -0.05) is 50.6 Å². The number of imide groups is 1. The Kier molecular flexibility index (Phi) is 17.4. The predicted molar refractivity (Wildman–Crippen MR) is 282 cm³/mol. The Morgan fingerprint density at radius 3 is 2.42 bits per heavy atom. The number of nitrogens with one attached hydrogen (secondary N) is 6. The van der Waals surface area contributed by atoms with Crippen molar-refractivity contribution in [3.05, 3.63) is 126 Å². The molecule has 8 N–H and O–H groups in total. The van der Waals surface area contributed by atoms with Crippen molar-refractivity contribution >= 4 is 58.7 Å². The van der Waals surface area contributed by atoms with Crippen molar-refractivity contribution in [3.63, 3.8) is 0 Å². The number of hydrogen-bond donors (Lipinski definition) is 7. The minimum absolute atomic E-state index is 0.0225. The molecule has 4 aromatic heterocycles. The molecule has 8 amide bonds. The van der Waals surface area contributed by atoms with Crippen LogP contribution in [0, 0.1) is 12.8 Å². The number of imidazole rings is 1. The lowest BCUT2D eigenvalue weighted by Gasteiger charge is -2.30. The number of unbranched alkanes of at least 4 members (excludes halogenated alkanes) is 2. The fraction of sp³-hybridized carbons (Fsp3) is 0.352. The number of ether oxygens (including phenoxy) is 1. The molecule has 0 saturated heterocycles. The van der Waals surface area contributed by atoms with Gasteiger partial charge in [-0.3, -0.25) is 33.9 Å². The van der Waals surface area contributed by atoms with E-state index in [2.05, 4.69) is 47.7 Å². The fourth-order valence-electron chi connectivity index (χ4n) is 8.98. The molecule has 1 unspecified atom stereocenters. The number of aromatic amines is 1. The Labute approximate surface area is 438 Å². The van der Waals surface area contributed by atoms with Crippen LogP contribution >= 0.6 is 0 Å². The average molecular weight is 1040 g/mol. The zero-order chi connectivity index (χ0) is 53.7. The number of urea groups is 1. The van der Waals surface area contributed by atoms with Gasteiger partial charge in [-0.05, 0) is 104 Å². The number of fused-ring (bicyclic) bond motifs is 2. The van der Waals surface area contributed by atoms with Gasteiger partial charge in [0, 0.05) is 67.0 Å². The number of pyridine rings is 2. The molecule has 0 saturated carbocycles. The van der Waals surface area contributed by atoms with Gasteiger partial charge in [0.25, 0.3) is 11.8 Å². The highest BCUT2D eigenvalue weighted by atomic mass is 16.6. The lowest BCUT2D eigenvalue weighted by atomic mass is 9.98. The van der Waals surface area contributed by atoms with E-state index < -0.39 is 36.0 Å². The van der Waals surface area contributed by atoms with E-state index in [1.54, 1.807) is 47.5 Å². The molecule has 76 heavy (non-hydrogen) atoms. The molecule has 0 aliphatic carbocycles. The summed E-state index contributed by atoms with van der Waals surface area (Å²) in [6.07, 6.45) is 8.19. The molecular weight excluding hydrogens is 973 g/mol. The monoisotopic (exact) mass is 1030 g/mol. The second kappa shape index (κ2) is 24.9. The maximum atomic E-state index is 13.7. The molecule has 0 bridgehead atoms. The van der Waals surface area contributed by atoms with Crippen LogP contribution in [0.1, 0.15) is 80.6 Å². The summed E-state index contributed by atoms with van der Waals surface area (Å²) in [5, 5.41) is 18.8. The number of anilines is 2. The Hall–Kier alpha value is -8.95. The largest absolute Gasteiger partial charge is 0.445 e. The van der Waals surface area contributed by atoms with Crippen molar-refractivity contribution in [2.45, 2.75) is 97.5 Å². The van der Waals surface area contributed by atoms with Crippen LogP contribution in [0.2, 0.25) is 0 Å². The maximum Gasteiger partial charge on any atom is 0.410 e. The number of carbonyl (C=O) groups excluding carboxylic acids is 7. The summed E-state index contributed by atoms with van der Waals surface area (Å²) in [7, 11) is 0. The zero-order valence-electron chi connectivity index (χ0n) is 42.6. The van der Waals surface area contributed by atoms with Crippen LogP contribution in [0.15, 0.2) is 97.5 Å². The Morgan fingerprint density at radius 1 is 0.868 bits per heavy atom. The van der Waals surface area contributed by atoms with Crippen LogP contribution in [0.25, 0.3) is 28.3 Å². The second-order valence-electron chi connectivity index (χ2n) is 19.0. The van der Waals surface area contributed by atoms with Crippen molar-refractivity contribution in [2.75, 3.05) is 30.3 Å². The lowest BCUT2D eigenvalue weighted by Crippen LogP contribution is -2.54. The molecule has 6 heterocycles. The van der Waals surface area contributed by atoms with Crippen molar-refractivity contribution in [2.24, 2.45) is 11.7 Å². The third kappa shape index (κ3) is 13.8. The third-order valence-corrected chi connectivity index (χ3v) is 13.1. The number of carbonyl (C=O) groups is 7. The van der Waals surface area contributed by atoms with Crippen LogP contribution in [0.4, 0.5) is 21.0 Å². The number of nitrogens with zero attached hydrogens (tertiary/aromatic N) is 7. The van der Waals surface area contributed by atoms with Crippen LogP contribution in [0.5, 0.6) is 0 Å². The smallest absolute Gasteiger partial charge is 0.410 e. The van der Waals surface area contributed by atoms with Gasteiger partial charge in [0.2, 0.25) is 17.7 Å². The van der Waals surface area contributed by atoms with Gasteiger partial charge >= 0.3 is 12.1 Å². The number of H-pyrrole nitrogens is 1. The summed E-state index contributed by atoms with van der Waals surface area (Å²) >= 11 is 0. The lowest BCUT2D eigenvalue weighted by molar-refractivity contribution is -0.137. The Morgan fingerprint density at radius 2 is 1.66 bits per heavy atom. The molecule has 8 rings (SSSR count). The maximum absolute atomic E-state index is 13.7. The van der Waals surface area contributed by atoms with E-state index in [0.29, 0.717) is 74.5 Å². The molecule has 0 radical (unpaired) electrons. The highest BCUT2D eigenvalue weighted by Crippen LogP contribution is 2.31. The fourth-order valence-corrected chi connectivity index (χ4v) is 8.98. The molecule has 22 heteroatoms. The molecule has 0 fully saturated rings. The van der Waals surface area contributed by atoms with Gasteiger partial charge in [-0.2, -0.15) is 5.10 Å². The van der Waals surface area contributed by atoms with Crippen LogP contribution < -0.4 is 32.3 Å². The van der Waals surface area contributed by atoms with Crippen molar-refractivity contribution in [3.8, 4) is 22.6 Å². The van der Waals surface area contributed by atoms with Gasteiger partial charge in [0.15, 0.2) is 5.65 Å². The number of primary amides is 1. The number of nitrogens with two attached hydrogens (primary N) is 1. The summed E-state index contributed by atoms with van der Waals surface area (Å²) < 4.78 is 7.50. The van der Waals surface area contributed by atoms with E-state index in [1.807, 2.05) is 55.6 Å². The van der Waals surface area contributed by atoms with Crippen molar-refractivity contribution in [1.82, 2.24) is 55.3 Å². The van der Waals surface area contributed by atoms with Gasteiger partial charge < -0.3 is 46.9 Å². The molecule has 6 aromatic rings. The average Bonchev–Trinajstić information content (AvgIpc) is 4.15. The predicted octanol–water partition coefficient (Wildman–Crippen LogP) is 5.29. The first-order chi connectivity index (χ1) is 36.7. The molecule has 2 aromatic carbocycles. The zero-order valence-corrected chi connectivity index (χ0v) is 42.6. The first-order valence-electron chi connectivity index (χ1n) is 25.3. The summed E-state index contributed by atoms with van der Waals surface area (Å²) in [6, 6.07) is 19.8. The van der Waals surface area contributed by atoms with Gasteiger partial charge in [0.05, 0.1) is 24.5 Å². The van der Waals surface area contributed by atoms with Gasteiger partial charge in [-0.15, -0.1) is 0 Å². The Bertz CT molecular complexity index is 3110. The Balaban J connectivity index is 0.835. The molecular formula is C54H62N14O8. The molecule has 2 aliphatic rings. The van der Waals surface area contributed by atoms with Crippen molar-refractivity contribution in [1.29, 1.82) is 0 Å². The quantitative estimate of drug-likeness (QED) is 0.0317. The van der Waals surface area contributed by atoms with E-state index in [-0.39, 0.29) is 56.2 Å². The van der Waals surface area contributed by atoms with Crippen molar-refractivity contribution < 1.29 is 38.3 Å². The van der Waals surface area contributed by atoms with Crippen LogP contribution in [0.3, 0.4) is 0 Å². The van der Waals surface area contributed by atoms with E-state index in [1.165, 1.54) is 18.5 Å². The molecule has 22 nitrogen and oxygen atoms in total. The first-order valence-corrected chi connectivity index (χ1v) is 25.3. The van der Waals surface area contributed by atoms with Crippen LogP contribution in [-0.2, 0) is 54.8 Å². The number of aromatic nitrogens is 6. The number of rotatable bonds is 23. The standard InChI is InChI=1S/C54H62N14O8/c1-33(2)48(65-45(69)15-5-4-6-26-67-46(70)22-23-47(67)71)52(73)62-42(14-9-25-56-53(55)74)51(72)61-38-19-16-35(17-20-38)31-76-54(75)66-27-24-36-11-8-12-40(39(36)30-66)57-28-43-63-49(37-18-21-44-58-32-59-68(44)29-37)50(64-43)41-13-7-10-34(3)60-41/h7-8,10-13,16-23,29,32-33,42,48,57H,4-6,9,14-15,24-28,30-31H2,1-3H3,(H,61,72)(H,62,73)(H,63,64)(H,65,69)(H3,55,56,74)/t42-,48?/m0/s1. The van der Waals surface area contributed by atoms with E-state index in [4.69, 9.17) is 20.4 Å². The van der Waals surface area contributed by atoms with Gasteiger partial charge in [-0.25, -0.2) is 24.1 Å². The molecule has 0 spiro atoms. The molecule has 2 aliphatic heterocycles. The highest BCUT2D eigenvalue weighted by Gasteiger charge is 2.30. The minimum atomic E-state index is -1.04. The second-order valence-corrected chi connectivity index (χ2v) is 19.0. The van der Waals surface area contributed by atoms with E-state index in [0.717, 1.165) is 50.0 Å². The SMILES string of the molecule is Cc1cccc(-c2nc(CNc3cccc4c3CN(C(=O)OCc3ccc(NC(=O)[C@H](CCCNC(N)=O)NC(=O)C(NC(=O)CCCCCN5C(=O)C=CC5=O)C(C)C)cc3)CC4)[nH]c2-c2ccc3ncnn3c2)n1. The normalized spacial score (nSPS) is 13.8. The number of amides is 8. The number of aryl methyl sites for hydroxylation is 1. The first kappa shape index (κ1) is 53.3. The highest BCUT2D eigenvalue weighted by molar-refractivity contribution is 6.12. The third-order valence-electron chi connectivity index (χ3n) is 13.1. The van der Waals surface area contributed by atoms with Crippen LogP contribution in [-0.4, -0.2) is 113 Å².